The van der Waals surface area contributed by atoms with Crippen LogP contribution in [0, 0.1) is 5.92 Å². The molecule has 1 atom stereocenters. The Morgan fingerprint density at radius 1 is 1.22 bits per heavy atom. The number of nitrogens with one attached hydrogen (secondary N) is 2. The Labute approximate surface area is 109 Å². The molecular formula is C14H22N4. The van der Waals surface area contributed by atoms with Gasteiger partial charge in [-0.15, -0.1) is 0 Å². The molecule has 3 rings (SSSR count). The summed E-state index contributed by atoms with van der Waals surface area (Å²) in [6.45, 7) is 5.25. The normalized spacial score (nSPS) is 20.6. The molecule has 2 N–H and O–H groups in total. The first-order valence-electron chi connectivity index (χ1n) is 7.15. The highest BCUT2D eigenvalue weighted by molar-refractivity contribution is 5.48. The summed E-state index contributed by atoms with van der Waals surface area (Å²) in [5.74, 6) is 4.40. The van der Waals surface area contributed by atoms with Gasteiger partial charge in [-0.1, -0.05) is 0 Å². The van der Waals surface area contributed by atoms with Crippen LogP contribution in [-0.2, 0) is 0 Å². The Balaban J connectivity index is 1.77. The average Bonchev–Trinajstić information content (AvgIpc) is 3.19. The Morgan fingerprint density at radius 3 is 2.56 bits per heavy atom. The Bertz CT molecular complexity index is 424. The van der Waals surface area contributed by atoms with Crippen LogP contribution >= 0.6 is 0 Å². The molecule has 4 nitrogen and oxygen atoms in total. The van der Waals surface area contributed by atoms with Gasteiger partial charge in [0.2, 0.25) is 0 Å². The second-order valence-corrected chi connectivity index (χ2v) is 5.57. The quantitative estimate of drug-likeness (QED) is 0.810. The molecule has 0 saturated heterocycles. The molecule has 1 heterocycles. The number of rotatable bonds is 6. The smallest absolute Gasteiger partial charge is 0.136 e. The highest BCUT2D eigenvalue weighted by atomic mass is 15.1. The number of nitrogens with zero attached hydrogens (tertiary/aromatic N) is 2. The van der Waals surface area contributed by atoms with Crippen molar-refractivity contribution in [3.63, 3.8) is 0 Å². The van der Waals surface area contributed by atoms with E-state index in [0.717, 1.165) is 29.9 Å². The molecule has 2 aliphatic carbocycles. The van der Waals surface area contributed by atoms with E-state index >= 15 is 0 Å². The summed E-state index contributed by atoms with van der Waals surface area (Å²) in [5, 5.41) is 6.83. The van der Waals surface area contributed by atoms with Crippen LogP contribution in [0.3, 0.4) is 0 Å². The molecule has 1 unspecified atom stereocenters. The lowest BCUT2D eigenvalue weighted by Crippen LogP contribution is -2.19. The Hall–Kier alpha value is -1.32. The molecule has 4 heteroatoms. The van der Waals surface area contributed by atoms with Crippen molar-refractivity contribution in [2.45, 2.75) is 51.5 Å². The minimum absolute atomic E-state index is 0.529. The summed E-state index contributed by atoms with van der Waals surface area (Å²) < 4.78 is 0. The van der Waals surface area contributed by atoms with Gasteiger partial charge in [0.15, 0.2) is 0 Å². The molecule has 1 aromatic rings. The van der Waals surface area contributed by atoms with Crippen LogP contribution in [-0.4, -0.2) is 22.6 Å². The average molecular weight is 246 g/mol. The lowest BCUT2D eigenvalue weighted by atomic mass is 10.2. The third-order valence-electron chi connectivity index (χ3n) is 3.75. The van der Waals surface area contributed by atoms with E-state index < -0.39 is 0 Å². The zero-order valence-corrected chi connectivity index (χ0v) is 11.2. The van der Waals surface area contributed by atoms with Crippen LogP contribution in [0.2, 0.25) is 0 Å². The highest BCUT2D eigenvalue weighted by Crippen LogP contribution is 2.39. The van der Waals surface area contributed by atoms with Crippen LogP contribution in [0.25, 0.3) is 0 Å². The van der Waals surface area contributed by atoms with Crippen molar-refractivity contribution in [1.29, 1.82) is 0 Å². The second-order valence-electron chi connectivity index (χ2n) is 5.57. The van der Waals surface area contributed by atoms with Gasteiger partial charge < -0.3 is 10.6 Å². The fourth-order valence-electron chi connectivity index (χ4n) is 2.28. The van der Waals surface area contributed by atoms with Gasteiger partial charge in [0.25, 0.3) is 0 Å². The molecule has 0 aliphatic heterocycles. The van der Waals surface area contributed by atoms with Crippen LogP contribution in [0.4, 0.5) is 11.6 Å². The first kappa shape index (κ1) is 11.8. The van der Waals surface area contributed by atoms with Crippen molar-refractivity contribution in [3.05, 3.63) is 11.9 Å². The lowest BCUT2D eigenvalue weighted by Gasteiger charge is -2.15. The van der Waals surface area contributed by atoms with Gasteiger partial charge in [-0.3, -0.25) is 0 Å². The standard InChI is InChI=1S/C14H22N4/c1-3-15-12-8-13(16-9(2)10-4-5-10)18-14(17-12)11-6-7-11/h8-11H,3-7H2,1-2H3,(H2,15,16,17,18). The molecule has 2 fully saturated rings. The predicted molar refractivity (Wildman–Crippen MR) is 74.0 cm³/mol. The number of hydrogen-bond donors (Lipinski definition) is 2. The fraction of sp³-hybridized carbons (Fsp3) is 0.714. The number of anilines is 2. The topological polar surface area (TPSA) is 49.8 Å². The molecule has 0 bridgehead atoms. The summed E-state index contributed by atoms with van der Waals surface area (Å²) in [4.78, 5) is 9.26. The van der Waals surface area contributed by atoms with Gasteiger partial charge in [-0.2, -0.15) is 0 Å². The van der Waals surface area contributed by atoms with Crippen LogP contribution < -0.4 is 10.6 Å². The van der Waals surface area contributed by atoms with Gasteiger partial charge in [0.05, 0.1) is 0 Å². The van der Waals surface area contributed by atoms with E-state index in [-0.39, 0.29) is 0 Å². The molecule has 0 aromatic carbocycles. The zero-order valence-electron chi connectivity index (χ0n) is 11.2. The molecule has 0 spiro atoms. The Kier molecular flexibility index (Phi) is 3.10. The molecule has 1 aromatic heterocycles. The van der Waals surface area contributed by atoms with E-state index in [1.54, 1.807) is 0 Å². The van der Waals surface area contributed by atoms with Crippen molar-refractivity contribution >= 4 is 11.6 Å². The minimum atomic E-state index is 0.529. The molecule has 0 amide bonds. The molecule has 98 valence electrons. The molecule has 18 heavy (non-hydrogen) atoms. The van der Waals surface area contributed by atoms with Crippen LogP contribution in [0.1, 0.15) is 51.3 Å². The number of hydrogen-bond acceptors (Lipinski definition) is 4. The van der Waals surface area contributed by atoms with Crippen molar-refractivity contribution in [2.75, 3.05) is 17.2 Å². The van der Waals surface area contributed by atoms with E-state index in [4.69, 9.17) is 0 Å². The molecule has 0 radical (unpaired) electrons. The van der Waals surface area contributed by atoms with Gasteiger partial charge >= 0.3 is 0 Å². The van der Waals surface area contributed by atoms with E-state index in [9.17, 15) is 0 Å². The van der Waals surface area contributed by atoms with Gasteiger partial charge in [-0.05, 0) is 45.4 Å². The SMILES string of the molecule is CCNc1cc(NC(C)C2CC2)nc(C2CC2)n1. The van der Waals surface area contributed by atoms with Crippen LogP contribution in [0.15, 0.2) is 6.07 Å². The monoisotopic (exact) mass is 246 g/mol. The summed E-state index contributed by atoms with van der Waals surface area (Å²) in [6.07, 6.45) is 5.20. The summed E-state index contributed by atoms with van der Waals surface area (Å²) in [7, 11) is 0. The van der Waals surface area contributed by atoms with Crippen molar-refractivity contribution in [2.24, 2.45) is 5.92 Å². The maximum absolute atomic E-state index is 4.67. The largest absolute Gasteiger partial charge is 0.370 e. The van der Waals surface area contributed by atoms with Crippen molar-refractivity contribution < 1.29 is 0 Å². The predicted octanol–water partition coefficient (Wildman–Crippen LogP) is 3.00. The van der Waals surface area contributed by atoms with E-state index in [1.165, 1.54) is 25.7 Å². The highest BCUT2D eigenvalue weighted by Gasteiger charge is 2.30. The van der Waals surface area contributed by atoms with Crippen LogP contribution in [0.5, 0.6) is 0 Å². The van der Waals surface area contributed by atoms with Gasteiger partial charge in [0.1, 0.15) is 17.5 Å². The van der Waals surface area contributed by atoms with Gasteiger partial charge in [0, 0.05) is 24.6 Å². The Morgan fingerprint density at radius 2 is 1.94 bits per heavy atom. The van der Waals surface area contributed by atoms with Crippen molar-refractivity contribution in [1.82, 2.24) is 9.97 Å². The molecule has 2 aliphatic rings. The minimum Gasteiger partial charge on any atom is -0.370 e. The first-order chi connectivity index (χ1) is 8.76. The molecular weight excluding hydrogens is 224 g/mol. The number of aromatic nitrogens is 2. The lowest BCUT2D eigenvalue weighted by molar-refractivity contribution is 0.688. The van der Waals surface area contributed by atoms with Gasteiger partial charge in [-0.25, -0.2) is 9.97 Å². The summed E-state index contributed by atoms with van der Waals surface area (Å²) in [5.41, 5.74) is 0. The third kappa shape index (κ3) is 2.74. The molecule has 2 saturated carbocycles. The summed E-state index contributed by atoms with van der Waals surface area (Å²) >= 11 is 0. The summed E-state index contributed by atoms with van der Waals surface area (Å²) in [6, 6.07) is 2.57. The van der Waals surface area contributed by atoms with E-state index in [1.807, 2.05) is 6.07 Å². The zero-order chi connectivity index (χ0) is 12.5. The maximum Gasteiger partial charge on any atom is 0.136 e. The fourth-order valence-corrected chi connectivity index (χ4v) is 2.28. The third-order valence-corrected chi connectivity index (χ3v) is 3.75. The maximum atomic E-state index is 4.67. The van der Waals surface area contributed by atoms with E-state index in [0.29, 0.717) is 12.0 Å². The first-order valence-corrected chi connectivity index (χ1v) is 7.15. The second kappa shape index (κ2) is 4.75. The van der Waals surface area contributed by atoms with Crippen molar-refractivity contribution in [3.8, 4) is 0 Å². The van der Waals surface area contributed by atoms with E-state index in [2.05, 4.69) is 34.4 Å².